The molecule has 28 heavy (non-hydrogen) atoms. The quantitative estimate of drug-likeness (QED) is 0.345. The second kappa shape index (κ2) is 6.82. The van der Waals surface area contributed by atoms with Crippen LogP contribution in [-0.2, 0) is 11.2 Å². The van der Waals surface area contributed by atoms with E-state index >= 15 is 0 Å². The van der Waals surface area contributed by atoms with Gasteiger partial charge in [-0.1, -0.05) is 36.4 Å². The average molecular weight is 385 g/mol. The molecule has 0 fully saturated rings. The van der Waals surface area contributed by atoms with Gasteiger partial charge in [-0.25, -0.2) is 4.39 Å². The topological polar surface area (TPSA) is 28.0 Å². The van der Waals surface area contributed by atoms with Crippen LogP contribution in [0.1, 0.15) is 0 Å². The average Bonchev–Trinajstić information content (AvgIpc) is 3.08. The first-order chi connectivity index (χ1) is 13.7. The van der Waals surface area contributed by atoms with E-state index in [4.69, 9.17) is 0 Å². The summed E-state index contributed by atoms with van der Waals surface area (Å²) >= 11 is -1.34. The Bertz CT molecular complexity index is 1220. The smallest absolute Gasteiger partial charge is 0.158 e. The van der Waals surface area contributed by atoms with Crippen molar-refractivity contribution in [2.45, 2.75) is 9.79 Å². The largest absolute Gasteiger partial charge is 0.606 e. The van der Waals surface area contributed by atoms with Crippen LogP contribution >= 0.6 is 0 Å². The molecule has 5 aromatic rings. The van der Waals surface area contributed by atoms with Gasteiger partial charge in [0.25, 0.3) is 0 Å². The first-order valence-electron chi connectivity index (χ1n) is 8.98. The molecule has 0 aliphatic rings. The first kappa shape index (κ1) is 17.0. The van der Waals surface area contributed by atoms with Gasteiger partial charge in [0.15, 0.2) is 9.79 Å². The molecule has 0 bridgehead atoms. The predicted molar refractivity (Wildman–Crippen MR) is 112 cm³/mol. The van der Waals surface area contributed by atoms with Crippen LogP contribution in [0.5, 0.6) is 0 Å². The Hall–Kier alpha value is -3.08. The van der Waals surface area contributed by atoms with Crippen molar-refractivity contribution in [1.29, 1.82) is 0 Å². The van der Waals surface area contributed by atoms with Crippen molar-refractivity contribution < 1.29 is 8.94 Å². The molecule has 0 spiro atoms. The van der Waals surface area contributed by atoms with Gasteiger partial charge >= 0.3 is 0 Å². The lowest BCUT2D eigenvalue weighted by Gasteiger charge is -2.12. The third kappa shape index (κ3) is 2.78. The van der Waals surface area contributed by atoms with Crippen molar-refractivity contribution >= 4 is 33.0 Å². The molecule has 0 saturated carbocycles. The van der Waals surface area contributed by atoms with Crippen molar-refractivity contribution in [2.24, 2.45) is 0 Å². The van der Waals surface area contributed by atoms with Gasteiger partial charge in [-0.2, -0.15) is 0 Å². The number of fused-ring (bicyclic) bond motifs is 3. The Morgan fingerprint density at radius 1 is 0.607 bits per heavy atom. The summed E-state index contributed by atoms with van der Waals surface area (Å²) in [5, 5.41) is 2.41. The molecule has 4 heteroatoms. The molecular formula is C24H16FNOS. The molecule has 0 radical (unpaired) electrons. The van der Waals surface area contributed by atoms with Crippen LogP contribution in [0.3, 0.4) is 0 Å². The Kier molecular flexibility index (Phi) is 4.15. The molecule has 0 aliphatic carbocycles. The second-order valence-electron chi connectivity index (χ2n) is 6.59. The fourth-order valence-electron chi connectivity index (χ4n) is 3.61. The normalized spacial score (nSPS) is 12.5. The third-order valence-electron chi connectivity index (χ3n) is 4.92. The highest BCUT2D eigenvalue weighted by atomic mass is 32.2. The fraction of sp³-hybridized carbons (Fsp3) is 0. The number of para-hydroxylation sites is 2. The molecule has 0 N–H and O–H groups in total. The maximum atomic E-state index is 13.1. The summed E-state index contributed by atoms with van der Waals surface area (Å²) in [6.45, 7) is 0. The Morgan fingerprint density at radius 2 is 1.07 bits per heavy atom. The lowest BCUT2D eigenvalue weighted by Crippen LogP contribution is -2.02. The maximum Gasteiger partial charge on any atom is 0.158 e. The van der Waals surface area contributed by atoms with Gasteiger partial charge in [-0.3, -0.25) is 0 Å². The molecule has 1 unspecified atom stereocenters. The van der Waals surface area contributed by atoms with Crippen LogP contribution in [0, 0.1) is 5.82 Å². The van der Waals surface area contributed by atoms with Gasteiger partial charge in [-0.05, 0) is 60.7 Å². The molecule has 1 atom stereocenters. The van der Waals surface area contributed by atoms with E-state index in [2.05, 4.69) is 28.8 Å². The van der Waals surface area contributed by atoms with E-state index in [-0.39, 0.29) is 5.82 Å². The van der Waals surface area contributed by atoms with Crippen LogP contribution < -0.4 is 0 Å². The van der Waals surface area contributed by atoms with Gasteiger partial charge < -0.3 is 9.12 Å². The molecule has 0 aliphatic heterocycles. The Morgan fingerprint density at radius 3 is 1.61 bits per heavy atom. The predicted octanol–water partition coefficient (Wildman–Crippen LogP) is 6.09. The molecule has 136 valence electrons. The highest BCUT2D eigenvalue weighted by Crippen LogP contribution is 2.32. The van der Waals surface area contributed by atoms with Crippen LogP contribution in [0.15, 0.2) is 107 Å². The zero-order valence-electron chi connectivity index (χ0n) is 14.9. The number of nitrogens with zero attached hydrogens (tertiary/aromatic N) is 1. The van der Waals surface area contributed by atoms with Crippen LogP contribution in [-0.4, -0.2) is 9.12 Å². The Balaban J connectivity index is 1.60. The van der Waals surface area contributed by atoms with Gasteiger partial charge in [0.1, 0.15) is 5.82 Å². The van der Waals surface area contributed by atoms with E-state index in [0.29, 0.717) is 9.79 Å². The lowest BCUT2D eigenvalue weighted by molar-refractivity contribution is 0.593. The highest BCUT2D eigenvalue weighted by molar-refractivity contribution is 7.91. The van der Waals surface area contributed by atoms with Crippen LogP contribution in [0.2, 0.25) is 0 Å². The zero-order valence-corrected chi connectivity index (χ0v) is 15.7. The summed E-state index contributed by atoms with van der Waals surface area (Å²) in [6, 6.07) is 30.2. The molecule has 0 saturated heterocycles. The summed E-state index contributed by atoms with van der Waals surface area (Å²) in [6.07, 6.45) is 0. The standard InChI is InChI=1S/C24H16FNOS/c25-17-9-13-19(14-10-17)28(27)20-15-11-18(12-16-20)26-23-7-3-1-5-21(23)22-6-2-4-8-24(22)26/h1-16H. The molecule has 5 rings (SSSR count). The van der Waals surface area contributed by atoms with Gasteiger partial charge in [-0.15, -0.1) is 0 Å². The number of aromatic nitrogens is 1. The van der Waals surface area contributed by atoms with Crippen molar-refractivity contribution in [1.82, 2.24) is 4.57 Å². The summed E-state index contributed by atoms with van der Waals surface area (Å²) in [7, 11) is 0. The van der Waals surface area contributed by atoms with Crippen LogP contribution in [0.4, 0.5) is 4.39 Å². The SMILES string of the molecule is [O-][S+](c1ccc(F)cc1)c1ccc(-n2c3ccccc3c3ccccc32)cc1. The highest BCUT2D eigenvalue weighted by Gasteiger charge is 2.16. The number of benzene rings is 4. The van der Waals surface area contributed by atoms with E-state index in [0.717, 1.165) is 16.7 Å². The van der Waals surface area contributed by atoms with E-state index in [1.54, 1.807) is 12.1 Å². The second-order valence-corrected chi connectivity index (χ2v) is 8.07. The minimum atomic E-state index is -1.34. The van der Waals surface area contributed by atoms with Crippen molar-refractivity contribution in [2.75, 3.05) is 0 Å². The monoisotopic (exact) mass is 385 g/mol. The molecule has 0 amide bonds. The summed E-state index contributed by atoms with van der Waals surface area (Å²) in [4.78, 5) is 1.28. The minimum absolute atomic E-state index is 0.331. The van der Waals surface area contributed by atoms with Crippen molar-refractivity contribution in [3.63, 3.8) is 0 Å². The summed E-state index contributed by atoms with van der Waals surface area (Å²) in [5.74, 6) is -0.331. The maximum absolute atomic E-state index is 13.1. The first-order valence-corrected chi connectivity index (χ1v) is 10.1. The molecule has 1 aromatic heterocycles. The van der Waals surface area contributed by atoms with Gasteiger partial charge in [0.2, 0.25) is 0 Å². The van der Waals surface area contributed by atoms with E-state index in [9.17, 15) is 8.94 Å². The number of rotatable bonds is 3. The van der Waals surface area contributed by atoms with Crippen LogP contribution in [0.25, 0.3) is 27.5 Å². The fourth-order valence-corrected chi connectivity index (χ4v) is 4.65. The van der Waals surface area contributed by atoms with Crippen molar-refractivity contribution in [3.05, 3.63) is 103 Å². The number of halogens is 1. The number of hydrogen-bond donors (Lipinski definition) is 0. The molecule has 2 nitrogen and oxygen atoms in total. The van der Waals surface area contributed by atoms with E-state index in [1.807, 2.05) is 48.5 Å². The van der Waals surface area contributed by atoms with Crippen molar-refractivity contribution in [3.8, 4) is 5.69 Å². The summed E-state index contributed by atoms with van der Waals surface area (Å²) < 4.78 is 28.1. The van der Waals surface area contributed by atoms with Gasteiger partial charge in [0.05, 0.1) is 11.0 Å². The third-order valence-corrected chi connectivity index (χ3v) is 6.32. The molecular weight excluding hydrogens is 369 g/mol. The minimum Gasteiger partial charge on any atom is -0.606 e. The van der Waals surface area contributed by atoms with E-state index in [1.165, 1.54) is 22.9 Å². The molecule has 4 aromatic carbocycles. The van der Waals surface area contributed by atoms with E-state index < -0.39 is 11.2 Å². The zero-order chi connectivity index (χ0) is 19.1. The van der Waals surface area contributed by atoms with Gasteiger partial charge in [0, 0.05) is 27.6 Å². The Labute approximate surface area is 165 Å². The lowest BCUT2D eigenvalue weighted by atomic mass is 10.2. The summed E-state index contributed by atoms with van der Waals surface area (Å²) in [5.41, 5.74) is 3.28. The number of hydrogen-bond acceptors (Lipinski definition) is 1. The molecule has 1 heterocycles.